The Labute approximate surface area is 280 Å². The number of aliphatic hydroxyl groups excluding tert-OH is 1. The van der Waals surface area contributed by atoms with Crippen LogP contribution in [0.1, 0.15) is 154 Å². The minimum Gasteiger partial charge on any atom is -0.393 e. The van der Waals surface area contributed by atoms with Crippen LogP contribution < -0.4 is 0 Å². The molecule has 45 heavy (non-hydrogen) atoms. The topological polar surface area (TPSA) is 72.8 Å². The van der Waals surface area contributed by atoms with E-state index in [1.165, 1.54) is 36.8 Å². The van der Waals surface area contributed by atoms with Gasteiger partial charge in [0.15, 0.2) is 0 Å². The summed E-state index contributed by atoms with van der Waals surface area (Å²) >= 11 is 0. The molecule has 2 saturated heterocycles. The summed E-state index contributed by atoms with van der Waals surface area (Å²) in [7, 11) is 0. The van der Waals surface area contributed by atoms with Gasteiger partial charge in [-0.2, -0.15) is 0 Å². The summed E-state index contributed by atoms with van der Waals surface area (Å²) in [5.41, 5.74) is 2.62. The molecule has 2 aliphatic rings. The molecular formula is C40H76O5. The smallest absolute Gasteiger partial charge is 0.120 e. The Bertz CT molecular complexity index is 776. The van der Waals surface area contributed by atoms with Gasteiger partial charge in [0, 0.05) is 18.8 Å². The van der Waals surface area contributed by atoms with Crippen LogP contribution in [0, 0.1) is 35.5 Å². The minimum atomic E-state index is -0.152. The second-order valence-electron chi connectivity index (χ2n) is 15.4. The van der Waals surface area contributed by atoms with Crippen molar-refractivity contribution in [1.82, 2.24) is 0 Å². The highest BCUT2D eigenvalue weighted by Crippen LogP contribution is 2.35. The zero-order chi connectivity index (χ0) is 35.1. The van der Waals surface area contributed by atoms with E-state index in [0.717, 1.165) is 38.3 Å². The van der Waals surface area contributed by atoms with E-state index in [2.05, 4.69) is 81.9 Å². The van der Waals surface area contributed by atoms with E-state index in [9.17, 15) is 9.59 Å². The lowest BCUT2D eigenvalue weighted by atomic mass is 9.78. The van der Waals surface area contributed by atoms with Gasteiger partial charge in [-0.3, -0.25) is 0 Å². The van der Waals surface area contributed by atoms with Crippen molar-refractivity contribution in [2.45, 2.75) is 185 Å². The molecule has 2 aliphatic heterocycles. The van der Waals surface area contributed by atoms with E-state index < -0.39 is 0 Å². The molecule has 0 aromatic heterocycles. The summed E-state index contributed by atoms with van der Waals surface area (Å²) in [4.78, 5) is 20.2. The molecule has 0 radical (unpaired) electrons. The average Bonchev–Trinajstić information content (AvgIpc) is 2.88. The van der Waals surface area contributed by atoms with Crippen LogP contribution in [0.5, 0.6) is 0 Å². The van der Waals surface area contributed by atoms with E-state index in [0.29, 0.717) is 72.8 Å². The summed E-state index contributed by atoms with van der Waals surface area (Å²) in [5.74, 6) is 3.54. The van der Waals surface area contributed by atoms with E-state index >= 15 is 0 Å². The Hall–Kier alpha value is -1.30. The van der Waals surface area contributed by atoms with Crippen molar-refractivity contribution in [3.05, 3.63) is 23.8 Å². The number of hydrogen-bond donors (Lipinski definition) is 1. The van der Waals surface area contributed by atoms with Crippen molar-refractivity contribution in [3.63, 3.8) is 0 Å². The van der Waals surface area contributed by atoms with Gasteiger partial charge in [0.05, 0.1) is 30.5 Å². The van der Waals surface area contributed by atoms with Crippen molar-refractivity contribution in [3.8, 4) is 0 Å². The van der Waals surface area contributed by atoms with Gasteiger partial charge in [-0.05, 0) is 122 Å². The van der Waals surface area contributed by atoms with Crippen LogP contribution in [-0.2, 0) is 19.1 Å². The highest BCUT2D eigenvalue weighted by Gasteiger charge is 2.33. The first-order valence-electron chi connectivity index (χ1n) is 18.1. The second-order valence-corrected chi connectivity index (χ2v) is 15.4. The number of carbonyl (C=O) groups is 2. The molecule has 2 heterocycles. The maximum Gasteiger partial charge on any atom is 0.120 e. The maximum absolute atomic E-state index is 10.6. The fourth-order valence-corrected chi connectivity index (χ4v) is 5.87. The molecule has 2 fully saturated rings. The molecule has 0 bridgehead atoms. The normalized spacial score (nSPS) is 25.8. The highest BCUT2D eigenvalue weighted by molar-refractivity contribution is 5.49. The summed E-state index contributed by atoms with van der Waals surface area (Å²) in [6.07, 6.45) is 15.9. The van der Waals surface area contributed by atoms with Gasteiger partial charge in [0.1, 0.15) is 12.6 Å². The van der Waals surface area contributed by atoms with Gasteiger partial charge >= 0.3 is 0 Å². The first-order valence-corrected chi connectivity index (χ1v) is 18.1. The molecule has 0 aromatic rings. The van der Waals surface area contributed by atoms with Crippen LogP contribution in [0.3, 0.4) is 0 Å². The van der Waals surface area contributed by atoms with Crippen LogP contribution in [0.15, 0.2) is 23.8 Å². The number of hydrogen-bond acceptors (Lipinski definition) is 5. The molecule has 0 spiro atoms. The maximum atomic E-state index is 10.6. The van der Waals surface area contributed by atoms with Gasteiger partial charge in [-0.25, -0.2) is 0 Å². The Kier molecular flexibility index (Phi) is 27.2. The summed E-state index contributed by atoms with van der Waals surface area (Å²) in [5, 5.41) is 8.84. The first-order chi connectivity index (χ1) is 20.9. The second kappa shape index (κ2) is 26.7. The third-order valence-corrected chi connectivity index (χ3v) is 8.48. The van der Waals surface area contributed by atoms with E-state index in [-0.39, 0.29) is 6.10 Å². The standard InChI is InChI=1S/C14H26O2.C13H24O.C8H16O.C5H10O/c1-10(2)9-14-13(11(3)7-8-15)6-5-12(4)16-14;1-9(2)8-13-12(10(3)4)7-6-11(5)14-13;1-7(2)5-4-6-8(3)9;1-5(2)3-4-6/h8,10-14H,5-7,9H2,1-4H3;9,11-13H,3,6-8H2,1-2,4-5H3;5,8-9H,4,6H2,1-3H3;4-5H,3H2,1-2H3. The van der Waals surface area contributed by atoms with Crippen molar-refractivity contribution in [2.24, 2.45) is 35.5 Å². The lowest BCUT2D eigenvalue weighted by Gasteiger charge is -2.39. The van der Waals surface area contributed by atoms with Gasteiger partial charge in [-0.15, -0.1) is 0 Å². The summed E-state index contributed by atoms with van der Waals surface area (Å²) < 4.78 is 12.1. The van der Waals surface area contributed by atoms with Crippen LogP contribution in [-0.4, -0.2) is 48.2 Å². The Morgan fingerprint density at radius 1 is 0.756 bits per heavy atom. The molecule has 0 amide bonds. The van der Waals surface area contributed by atoms with Crippen molar-refractivity contribution < 1.29 is 24.2 Å². The van der Waals surface area contributed by atoms with Crippen LogP contribution in [0.4, 0.5) is 0 Å². The molecule has 0 aliphatic carbocycles. The molecular weight excluding hydrogens is 560 g/mol. The third kappa shape index (κ3) is 25.5. The number of ether oxygens (including phenoxy) is 2. The molecule has 266 valence electrons. The minimum absolute atomic E-state index is 0.152. The predicted molar refractivity (Wildman–Crippen MR) is 194 cm³/mol. The fraction of sp³-hybridized carbons (Fsp3) is 0.850. The molecule has 5 nitrogen and oxygen atoms in total. The van der Waals surface area contributed by atoms with Gasteiger partial charge < -0.3 is 24.2 Å². The van der Waals surface area contributed by atoms with Gasteiger partial charge in [-0.1, -0.05) is 72.3 Å². The highest BCUT2D eigenvalue weighted by atomic mass is 16.5. The summed E-state index contributed by atoms with van der Waals surface area (Å²) in [6.45, 7) is 31.8. The van der Waals surface area contributed by atoms with Crippen molar-refractivity contribution in [2.75, 3.05) is 0 Å². The number of aldehydes is 2. The average molecular weight is 637 g/mol. The zero-order valence-electron chi connectivity index (χ0n) is 31.9. The van der Waals surface area contributed by atoms with Crippen LogP contribution in [0.2, 0.25) is 0 Å². The molecule has 5 heteroatoms. The van der Waals surface area contributed by atoms with E-state index in [1.54, 1.807) is 0 Å². The van der Waals surface area contributed by atoms with Gasteiger partial charge in [0.2, 0.25) is 0 Å². The quantitative estimate of drug-likeness (QED) is 0.161. The van der Waals surface area contributed by atoms with E-state index in [1.807, 2.05) is 20.8 Å². The number of allylic oxidation sites excluding steroid dienone is 2. The fourth-order valence-electron chi connectivity index (χ4n) is 5.87. The Morgan fingerprint density at radius 3 is 1.64 bits per heavy atom. The number of aliphatic hydroxyl groups is 1. The van der Waals surface area contributed by atoms with E-state index in [4.69, 9.17) is 14.6 Å². The molecule has 0 saturated carbocycles. The Balaban J connectivity index is 0. The third-order valence-electron chi connectivity index (χ3n) is 8.48. The van der Waals surface area contributed by atoms with Gasteiger partial charge in [0.25, 0.3) is 0 Å². The zero-order valence-corrected chi connectivity index (χ0v) is 31.9. The van der Waals surface area contributed by atoms with Crippen LogP contribution >= 0.6 is 0 Å². The number of carbonyl (C=O) groups excluding carboxylic acids is 2. The first kappa shape index (κ1) is 45.8. The van der Waals surface area contributed by atoms with Crippen molar-refractivity contribution >= 4 is 12.6 Å². The molecule has 1 N–H and O–H groups in total. The SMILES string of the molecule is C=C(C)C1CCC(C)OC1CC(C)C.CC(C)=CCCC(C)O.CC(C)CC1OC(C)CCC1C(C)CC=O.CC(C)CC=O. The largest absolute Gasteiger partial charge is 0.393 e. The van der Waals surface area contributed by atoms with Crippen molar-refractivity contribution in [1.29, 1.82) is 0 Å². The molecule has 2 rings (SSSR count). The Morgan fingerprint density at radius 2 is 1.24 bits per heavy atom. The molecule has 0 aromatic carbocycles. The lowest BCUT2D eigenvalue weighted by Crippen LogP contribution is -2.38. The lowest BCUT2D eigenvalue weighted by molar-refractivity contribution is -0.113. The molecule has 8 atom stereocenters. The monoisotopic (exact) mass is 637 g/mol. The number of rotatable bonds is 13. The predicted octanol–water partition coefficient (Wildman–Crippen LogP) is 10.6. The summed E-state index contributed by atoms with van der Waals surface area (Å²) in [6, 6.07) is 0. The molecule has 8 unspecified atom stereocenters. The van der Waals surface area contributed by atoms with Crippen LogP contribution in [0.25, 0.3) is 0 Å².